The molecular weight excluding hydrogens is 352 g/mol. The number of thiazole rings is 1. The van der Waals surface area contributed by atoms with Crippen LogP contribution < -0.4 is 9.54 Å². The van der Waals surface area contributed by atoms with E-state index in [-0.39, 0.29) is 5.91 Å². The third kappa shape index (κ3) is 3.75. The molecule has 0 radical (unpaired) electrons. The van der Waals surface area contributed by atoms with E-state index in [0.717, 1.165) is 39.4 Å². The number of amides is 1. The Morgan fingerprint density at radius 3 is 2.88 bits per heavy atom. The van der Waals surface area contributed by atoms with Crippen molar-refractivity contribution >= 4 is 44.9 Å². The largest absolute Gasteiger partial charge is 0.495 e. The number of fused-ring (bicyclic) bond motifs is 1. The molecule has 130 valence electrons. The molecule has 3 rings (SSSR count). The number of methoxy groups -OCH3 is 1. The second-order valence-electron chi connectivity index (χ2n) is 5.60. The van der Waals surface area contributed by atoms with Gasteiger partial charge in [-0.05, 0) is 42.5 Å². The van der Waals surface area contributed by atoms with Gasteiger partial charge in [0.2, 0.25) is 0 Å². The van der Waals surface area contributed by atoms with E-state index in [4.69, 9.17) is 4.74 Å². The molecule has 0 saturated carbocycles. The molecule has 1 aromatic carbocycles. The van der Waals surface area contributed by atoms with Crippen molar-refractivity contribution < 1.29 is 9.53 Å². The Morgan fingerprint density at radius 2 is 2.20 bits per heavy atom. The van der Waals surface area contributed by atoms with Gasteiger partial charge in [0, 0.05) is 17.5 Å². The summed E-state index contributed by atoms with van der Waals surface area (Å²) in [6.07, 6.45) is 4.28. The first-order valence-electron chi connectivity index (χ1n) is 8.11. The third-order valence-electron chi connectivity index (χ3n) is 3.79. The molecule has 6 heteroatoms. The van der Waals surface area contributed by atoms with Crippen molar-refractivity contribution in [3.05, 3.63) is 51.0 Å². The van der Waals surface area contributed by atoms with Gasteiger partial charge in [-0.1, -0.05) is 30.4 Å². The van der Waals surface area contributed by atoms with Gasteiger partial charge in [-0.3, -0.25) is 4.79 Å². The van der Waals surface area contributed by atoms with Gasteiger partial charge >= 0.3 is 0 Å². The molecule has 0 aliphatic heterocycles. The molecule has 0 aliphatic rings. The zero-order valence-corrected chi connectivity index (χ0v) is 16.1. The van der Waals surface area contributed by atoms with Gasteiger partial charge in [0.25, 0.3) is 5.91 Å². The van der Waals surface area contributed by atoms with Crippen LogP contribution in [0.4, 0.5) is 0 Å². The van der Waals surface area contributed by atoms with E-state index in [2.05, 4.69) is 23.4 Å². The predicted molar refractivity (Wildman–Crippen MR) is 105 cm³/mol. The number of hydrogen-bond acceptors (Lipinski definition) is 4. The molecule has 4 nitrogen and oxygen atoms in total. The minimum Gasteiger partial charge on any atom is -0.495 e. The number of carbonyl (C=O) groups is 1. The van der Waals surface area contributed by atoms with Crippen molar-refractivity contribution in [3.63, 3.8) is 0 Å². The molecule has 0 atom stereocenters. The minimum absolute atomic E-state index is 0.249. The monoisotopic (exact) mass is 372 g/mol. The van der Waals surface area contributed by atoms with Gasteiger partial charge in [0.05, 0.1) is 11.8 Å². The Hall–Kier alpha value is -2.18. The maximum atomic E-state index is 12.3. The van der Waals surface area contributed by atoms with Crippen molar-refractivity contribution in [3.8, 4) is 5.75 Å². The normalized spacial score (nSPS) is 12.4. The molecule has 0 aliphatic carbocycles. The summed E-state index contributed by atoms with van der Waals surface area (Å²) >= 11 is 3.13. The maximum Gasteiger partial charge on any atom is 0.272 e. The van der Waals surface area contributed by atoms with Crippen molar-refractivity contribution in [1.82, 2.24) is 4.57 Å². The average Bonchev–Trinajstić information content (AvgIpc) is 3.23. The summed E-state index contributed by atoms with van der Waals surface area (Å²) in [4.78, 5) is 18.4. The number of nitrogens with zero attached hydrogens (tertiary/aromatic N) is 2. The highest BCUT2D eigenvalue weighted by atomic mass is 32.1. The Morgan fingerprint density at radius 1 is 1.36 bits per heavy atom. The summed E-state index contributed by atoms with van der Waals surface area (Å²) in [6, 6.07) is 7.94. The number of thiophene rings is 1. The number of aryl methyl sites for hydroxylation is 2. The van der Waals surface area contributed by atoms with E-state index in [0.29, 0.717) is 4.80 Å². The number of benzene rings is 1. The summed E-state index contributed by atoms with van der Waals surface area (Å²) in [5.74, 6) is 0.565. The fourth-order valence-electron chi connectivity index (χ4n) is 2.63. The fourth-order valence-corrected chi connectivity index (χ4v) is 4.40. The number of carbonyl (C=O) groups excluding carboxylic acids is 1. The van der Waals surface area contributed by atoms with Crippen LogP contribution in [0.3, 0.4) is 0 Å². The van der Waals surface area contributed by atoms with Crippen LogP contribution in [-0.4, -0.2) is 17.6 Å². The molecule has 2 aromatic heterocycles. The smallest absolute Gasteiger partial charge is 0.272 e. The van der Waals surface area contributed by atoms with Crippen molar-refractivity contribution in [2.75, 3.05) is 7.11 Å². The van der Waals surface area contributed by atoms with Crippen LogP contribution in [0.1, 0.15) is 23.8 Å². The molecule has 25 heavy (non-hydrogen) atoms. The number of hydrogen-bond donors (Lipinski definition) is 0. The second-order valence-corrected chi connectivity index (χ2v) is 7.55. The molecule has 1 amide bonds. The van der Waals surface area contributed by atoms with Crippen LogP contribution in [0, 0.1) is 6.92 Å². The highest BCUT2D eigenvalue weighted by molar-refractivity contribution is 7.16. The van der Waals surface area contributed by atoms with Gasteiger partial charge in [0.15, 0.2) is 4.80 Å². The lowest BCUT2D eigenvalue weighted by Crippen LogP contribution is -2.16. The highest BCUT2D eigenvalue weighted by Crippen LogP contribution is 2.30. The molecule has 2 heterocycles. The quantitative estimate of drug-likeness (QED) is 0.613. The summed E-state index contributed by atoms with van der Waals surface area (Å²) in [6.45, 7) is 4.97. The number of rotatable bonds is 5. The van der Waals surface area contributed by atoms with E-state index in [1.165, 1.54) is 17.4 Å². The lowest BCUT2D eigenvalue weighted by Gasteiger charge is -2.08. The molecule has 0 N–H and O–H groups in total. The Labute approximate surface area is 154 Å². The van der Waals surface area contributed by atoms with Gasteiger partial charge < -0.3 is 9.30 Å². The molecule has 0 saturated heterocycles. The van der Waals surface area contributed by atoms with Crippen molar-refractivity contribution in [1.29, 1.82) is 0 Å². The Balaban J connectivity index is 2.10. The SMILES string of the molecule is CCCn1c(=NC(=O)/C=C/c2cccs2)sc2c(C)ccc(OC)c21. The van der Waals surface area contributed by atoms with Crippen LogP contribution in [0.15, 0.2) is 40.7 Å². The number of ether oxygens (including phenoxy) is 1. The van der Waals surface area contributed by atoms with Crippen LogP contribution in [0.5, 0.6) is 5.75 Å². The molecule has 0 unspecified atom stereocenters. The summed E-state index contributed by atoms with van der Waals surface area (Å²) in [5.41, 5.74) is 2.18. The van der Waals surface area contributed by atoms with E-state index in [1.54, 1.807) is 24.5 Å². The Kier molecular flexibility index (Phi) is 5.50. The third-order valence-corrected chi connectivity index (χ3v) is 5.84. The number of aromatic nitrogens is 1. The van der Waals surface area contributed by atoms with Crippen LogP contribution in [0.2, 0.25) is 0 Å². The van der Waals surface area contributed by atoms with E-state index < -0.39 is 0 Å². The zero-order chi connectivity index (χ0) is 17.8. The molecule has 3 aromatic rings. The molecular formula is C19H20N2O2S2. The lowest BCUT2D eigenvalue weighted by atomic mass is 10.2. The molecule has 0 bridgehead atoms. The average molecular weight is 373 g/mol. The first kappa shape index (κ1) is 17.6. The minimum atomic E-state index is -0.249. The van der Waals surface area contributed by atoms with Crippen LogP contribution in [0.25, 0.3) is 16.3 Å². The molecule has 0 fully saturated rings. The summed E-state index contributed by atoms with van der Waals surface area (Å²) in [5, 5.41) is 1.98. The van der Waals surface area contributed by atoms with Gasteiger partial charge in [-0.25, -0.2) is 0 Å². The zero-order valence-electron chi connectivity index (χ0n) is 14.5. The van der Waals surface area contributed by atoms with Crippen molar-refractivity contribution in [2.45, 2.75) is 26.8 Å². The fraction of sp³-hybridized carbons (Fsp3) is 0.263. The lowest BCUT2D eigenvalue weighted by molar-refractivity contribution is -0.113. The standard InChI is InChI=1S/C19H20N2O2S2/c1-4-11-21-17-15(23-3)9-7-13(2)18(17)25-19(21)20-16(22)10-8-14-6-5-12-24-14/h5-10,12H,4,11H2,1-3H3/b10-8+,20-19?. The first-order valence-corrected chi connectivity index (χ1v) is 9.81. The van der Waals surface area contributed by atoms with Gasteiger partial charge in [-0.15, -0.1) is 11.3 Å². The highest BCUT2D eigenvalue weighted by Gasteiger charge is 2.13. The van der Waals surface area contributed by atoms with E-state index in [1.807, 2.05) is 29.6 Å². The van der Waals surface area contributed by atoms with Crippen LogP contribution in [-0.2, 0) is 11.3 Å². The predicted octanol–water partition coefficient (Wildman–Crippen LogP) is 4.63. The van der Waals surface area contributed by atoms with Crippen molar-refractivity contribution in [2.24, 2.45) is 4.99 Å². The topological polar surface area (TPSA) is 43.6 Å². The molecule has 0 spiro atoms. The summed E-state index contributed by atoms with van der Waals surface area (Å²) < 4.78 is 8.73. The Bertz CT molecular complexity index is 979. The first-order chi connectivity index (χ1) is 12.1. The second kappa shape index (κ2) is 7.80. The van der Waals surface area contributed by atoms with Gasteiger partial charge in [0.1, 0.15) is 11.3 Å². The maximum absolute atomic E-state index is 12.3. The van der Waals surface area contributed by atoms with Crippen LogP contribution >= 0.6 is 22.7 Å². The van der Waals surface area contributed by atoms with E-state index in [9.17, 15) is 4.79 Å². The summed E-state index contributed by atoms with van der Waals surface area (Å²) in [7, 11) is 1.67. The van der Waals surface area contributed by atoms with Gasteiger partial charge in [-0.2, -0.15) is 4.99 Å². The van der Waals surface area contributed by atoms with E-state index >= 15 is 0 Å².